The lowest BCUT2D eigenvalue weighted by Gasteiger charge is -2.31. The van der Waals surface area contributed by atoms with Crippen molar-refractivity contribution >= 4 is 34.9 Å². The summed E-state index contributed by atoms with van der Waals surface area (Å²) in [7, 11) is 0. The van der Waals surface area contributed by atoms with Gasteiger partial charge in [-0.15, -0.1) is 11.3 Å². The number of halogens is 1. The Bertz CT molecular complexity index is 965. The molecule has 2 heterocycles. The highest BCUT2D eigenvalue weighted by molar-refractivity contribution is 7.14. The number of likely N-dealkylation sites (tertiary alicyclic amines) is 1. The Kier molecular flexibility index (Phi) is 7.51. The van der Waals surface area contributed by atoms with Crippen LogP contribution in [0.4, 0.5) is 4.39 Å². The maximum Gasteiger partial charge on any atom is 0.309 e. The molecule has 0 aliphatic carbocycles. The Labute approximate surface area is 183 Å². The summed E-state index contributed by atoms with van der Waals surface area (Å²) in [4.78, 5) is 51.0. The number of carbonyl (C=O) groups is 4. The predicted molar refractivity (Wildman–Crippen MR) is 112 cm³/mol. The molecule has 9 heteroatoms. The molecule has 1 fully saturated rings. The van der Waals surface area contributed by atoms with Gasteiger partial charge in [-0.1, -0.05) is 0 Å². The highest BCUT2D eigenvalue weighted by Crippen LogP contribution is 2.21. The van der Waals surface area contributed by atoms with Gasteiger partial charge < -0.3 is 15.0 Å². The Morgan fingerprint density at radius 3 is 2.42 bits per heavy atom. The van der Waals surface area contributed by atoms with Crippen LogP contribution in [0.5, 0.6) is 0 Å². The smallest absolute Gasteiger partial charge is 0.309 e. The number of Topliss-reactive ketones (excluding diaryl/α,β-unsaturated/α-hetero) is 1. The van der Waals surface area contributed by atoms with Gasteiger partial charge >= 0.3 is 5.97 Å². The van der Waals surface area contributed by atoms with Crippen LogP contribution in [0.15, 0.2) is 36.4 Å². The first kappa shape index (κ1) is 22.6. The Morgan fingerprint density at radius 1 is 1.10 bits per heavy atom. The average molecular weight is 447 g/mol. The fourth-order valence-corrected chi connectivity index (χ4v) is 4.13. The van der Waals surface area contributed by atoms with Crippen LogP contribution in [0.1, 0.15) is 44.7 Å². The number of ketones is 1. The van der Waals surface area contributed by atoms with Crippen LogP contribution >= 0.6 is 11.3 Å². The second-order valence-corrected chi connectivity index (χ2v) is 8.45. The maximum atomic E-state index is 13.0. The molecule has 0 spiro atoms. The number of hydrogen-bond acceptors (Lipinski definition) is 6. The number of rotatable bonds is 7. The van der Waals surface area contributed by atoms with Crippen LogP contribution in [0.25, 0.3) is 0 Å². The summed E-state index contributed by atoms with van der Waals surface area (Å²) >= 11 is 1.25. The normalized spacial score (nSPS) is 14.2. The second kappa shape index (κ2) is 10.3. The van der Waals surface area contributed by atoms with Crippen molar-refractivity contribution in [2.45, 2.75) is 26.3 Å². The van der Waals surface area contributed by atoms with E-state index in [4.69, 9.17) is 4.74 Å². The molecule has 0 atom stereocenters. The van der Waals surface area contributed by atoms with E-state index in [2.05, 4.69) is 5.32 Å². The molecular weight excluding hydrogens is 423 g/mol. The molecule has 1 aliphatic heterocycles. The molecule has 31 heavy (non-hydrogen) atoms. The molecule has 2 amide bonds. The molecule has 1 aromatic carbocycles. The van der Waals surface area contributed by atoms with Crippen molar-refractivity contribution in [2.24, 2.45) is 5.92 Å². The van der Waals surface area contributed by atoms with Crippen molar-refractivity contribution < 1.29 is 28.3 Å². The summed E-state index contributed by atoms with van der Waals surface area (Å²) < 4.78 is 18.2. The molecule has 0 bridgehead atoms. The van der Waals surface area contributed by atoms with E-state index in [1.807, 2.05) is 0 Å². The minimum atomic E-state index is -0.447. The van der Waals surface area contributed by atoms with Crippen molar-refractivity contribution in [3.63, 3.8) is 0 Å². The van der Waals surface area contributed by atoms with E-state index in [1.165, 1.54) is 42.5 Å². The van der Waals surface area contributed by atoms with Gasteiger partial charge in [-0.3, -0.25) is 19.2 Å². The Morgan fingerprint density at radius 2 is 1.77 bits per heavy atom. The Balaban J connectivity index is 1.43. The number of piperidine rings is 1. The van der Waals surface area contributed by atoms with Gasteiger partial charge in [0.2, 0.25) is 11.7 Å². The van der Waals surface area contributed by atoms with Crippen molar-refractivity contribution in [1.29, 1.82) is 0 Å². The SMILES string of the molecule is CC(=O)NCc1ccc(C(=O)COC(=O)C2CCN(C(=O)c3ccc(F)cc3)CC2)s1. The number of carbonyl (C=O) groups excluding carboxylic acids is 4. The van der Waals surface area contributed by atoms with Crippen molar-refractivity contribution in [2.75, 3.05) is 19.7 Å². The summed E-state index contributed by atoms with van der Waals surface area (Å²) in [5.74, 6) is -1.87. The third-order valence-corrected chi connectivity index (χ3v) is 6.13. The van der Waals surface area contributed by atoms with E-state index in [1.54, 1.807) is 17.0 Å². The van der Waals surface area contributed by atoms with E-state index in [-0.39, 0.29) is 30.1 Å². The highest BCUT2D eigenvalue weighted by atomic mass is 32.1. The van der Waals surface area contributed by atoms with Gasteiger partial charge in [0.05, 0.1) is 17.3 Å². The first-order valence-corrected chi connectivity index (χ1v) is 10.7. The molecule has 0 unspecified atom stereocenters. The van der Waals surface area contributed by atoms with Gasteiger partial charge in [0, 0.05) is 30.5 Å². The highest BCUT2D eigenvalue weighted by Gasteiger charge is 2.29. The summed E-state index contributed by atoms with van der Waals surface area (Å²) in [5.41, 5.74) is 0.404. The van der Waals surface area contributed by atoms with E-state index in [0.29, 0.717) is 42.9 Å². The number of nitrogens with zero attached hydrogens (tertiary/aromatic N) is 1. The predicted octanol–water partition coefficient (Wildman–Crippen LogP) is 2.80. The number of hydrogen-bond donors (Lipinski definition) is 1. The van der Waals surface area contributed by atoms with E-state index < -0.39 is 11.8 Å². The molecule has 0 radical (unpaired) electrons. The molecule has 164 valence electrons. The quantitative estimate of drug-likeness (QED) is 0.522. The summed E-state index contributed by atoms with van der Waals surface area (Å²) in [6, 6.07) is 8.77. The molecule has 1 aromatic heterocycles. The van der Waals surface area contributed by atoms with Crippen LogP contribution in [0, 0.1) is 11.7 Å². The molecule has 7 nitrogen and oxygen atoms in total. The Hall–Kier alpha value is -3.07. The molecule has 1 saturated heterocycles. The van der Waals surface area contributed by atoms with Crippen molar-refractivity contribution in [3.05, 3.63) is 57.5 Å². The van der Waals surface area contributed by atoms with Crippen LogP contribution in [0.3, 0.4) is 0 Å². The number of ether oxygens (including phenoxy) is 1. The fourth-order valence-electron chi connectivity index (χ4n) is 3.25. The lowest BCUT2D eigenvalue weighted by atomic mass is 9.96. The minimum absolute atomic E-state index is 0.152. The van der Waals surface area contributed by atoms with Crippen molar-refractivity contribution in [1.82, 2.24) is 10.2 Å². The van der Waals surface area contributed by atoms with Gasteiger partial charge in [0.15, 0.2) is 6.61 Å². The summed E-state index contributed by atoms with van der Waals surface area (Å²) in [5, 5.41) is 2.66. The van der Waals surface area contributed by atoms with E-state index in [0.717, 1.165) is 4.88 Å². The van der Waals surface area contributed by atoms with Crippen molar-refractivity contribution in [3.8, 4) is 0 Å². The van der Waals surface area contributed by atoms with Gasteiger partial charge in [-0.25, -0.2) is 4.39 Å². The summed E-state index contributed by atoms with van der Waals surface area (Å²) in [6.07, 6.45) is 0.889. The largest absolute Gasteiger partial charge is 0.457 e. The zero-order valence-electron chi connectivity index (χ0n) is 17.1. The van der Waals surface area contributed by atoms with E-state index >= 15 is 0 Å². The molecule has 2 aromatic rings. The molecule has 1 N–H and O–H groups in total. The first-order chi connectivity index (χ1) is 14.8. The number of esters is 1. The number of benzene rings is 1. The van der Waals surface area contributed by atoms with Gasteiger partial charge in [0.25, 0.3) is 5.91 Å². The molecule has 3 rings (SSSR count). The third kappa shape index (κ3) is 6.21. The standard InChI is InChI=1S/C22H23FN2O5S/c1-14(26)24-12-18-6-7-20(31-18)19(27)13-30-22(29)16-8-10-25(11-9-16)21(28)15-2-4-17(23)5-3-15/h2-7,16H,8-13H2,1H3,(H,24,26). The van der Waals surface area contributed by atoms with Gasteiger partial charge in [-0.2, -0.15) is 0 Å². The maximum absolute atomic E-state index is 13.0. The monoisotopic (exact) mass is 446 g/mol. The lowest BCUT2D eigenvalue weighted by molar-refractivity contribution is -0.148. The third-order valence-electron chi connectivity index (χ3n) is 5.00. The van der Waals surface area contributed by atoms with Crippen LogP contribution in [-0.4, -0.2) is 48.2 Å². The zero-order chi connectivity index (χ0) is 22.4. The topological polar surface area (TPSA) is 92.8 Å². The first-order valence-electron chi connectivity index (χ1n) is 9.91. The summed E-state index contributed by atoms with van der Waals surface area (Å²) in [6.45, 7) is 2.21. The van der Waals surface area contributed by atoms with Gasteiger partial charge in [-0.05, 0) is 49.2 Å². The zero-order valence-corrected chi connectivity index (χ0v) is 17.9. The minimum Gasteiger partial charge on any atom is -0.457 e. The second-order valence-electron chi connectivity index (χ2n) is 7.28. The molecule has 0 saturated carbocycles. The van der Waals surface area contributed by atoms with Gasteiger partial charge in [0.1, 0.15) is 5.82 Å². The number of amides is 2. The lowest BCUT2D eigenvalue weighted by Crippen LogP contribution is -2.40. The van der Waals surface area contributed by atoms with E-state index in [9.17, 15) is 23.6 Å². The van der Waals surface area contributed by atoms with Crippen LogP contribution < -0.4 is 5.32 Å². The van der Waals surface area contributed by atoms with Crippen LogP contribution in [0.2, 0.25) is 0 Å². The molecule has 1 aliphatic rings. The van der Waals surface area contributed by atoms with Crippen LogP contribution in [-0.2, 0) is 20.9 Å². The number of nitrogens with one attached hydrogen (secondary N) is 1. The fraction of sp³-hybridized carbons (Fsp3) is 0.364. The molecular formula is C22H23FN2O5S. The number of thiophene rings is 1. The average Bonchev–Trinajstić information content (AvgIpc) is 3.25.